The number of anilines is 1. The number of Topliss-reactive ketones (excluding diaryl/α,β-unsaturated/α-hetero) is 1. The van der Waals surface area contributed by atoms with Crippen LogP contribution < -0.4 is 11.4 Å². The molecule has 1 fully saturated rings. The Morgan fingerprint density at radius 1 is 1.32 bits per heavy atom. The first kappa shape index (κ1) is 23.3. The highest BCUT2D eigenvalue weighted by molar-refractivity contribution is 6.74. The molecule has 0 unspecified atom stereocenters. The van der Waals surface area contributed by atoms with Gasteiger partial charge in [-0.2, -0.15) is 4.98 Å². The summed E-state index contributed by atoms with van der Waals surface area (Å²) in [5.41, 5.74) is 3.54. The molecule has 168 valence electrons. The Morgan fingerprint density at radius 3 is 2.55 bits per heavy atom. The fraction of sp³-hybridized carbons (Fsp3) is 0.500. The van der Waals surface area contributed by atoms with Gasteiger partial charge in [0, 0.05) is 18.2 Å². The zero-order valence-corrected chi connectivity index (χ0v) is 19.7. The SMILES string of the molecule is CC(C)(C)[Si](C)(C)OC[C@H]1O[C@@](C(=O)c2ccccc2)(n2ccc(N)nc2=O)C[C@@H]1O. The number of ether oxygens (including phenoxy) is 1. The van der Waals surface area contributed by atoms with E-state index in [9.17, 15) is 14.7 Å². The van der Waals surface area contributed by atoms with Gasteiger partial charge in [-0.3, -0.25) is 9.36 Å². The minimum Gasteiger partial charge on any atom is -0.414 e. The number of carbonyl (C=O) groups is 1. The van der Waals surface area contributed by atoms with Gasteiger partial charge in [-0.05, 0) is 24.2 Å². The summed E-state index contributed by atoms with van der Waals surface area (Å²) in [4.78, 5) is 30.0. The summed E-state index contributed by atoms with van der Waals surface area (Å²) in [5, 5.41) is 10.8. The molecular weight excluding hydrogens is 414 g/mol. The maximum Gasteiger partial charge on any atom is 0.352 e. The van der Waals surface area contributed by atoms with Crippen LogP contribution in [0.4, 0.5) is 5.82 Å². The van der Waals surface area contributed by atoms with E-state index in [1.807, 2.05) is 0 Å². The molecule has 0 aliphatic carbocycles. The number of benzene rings is 1. The van der Waals surface area contributed by atoms with Crippen LogP contribution in [-0.2, 0) is 14.9 Å². The van der Waals surface area contributed by atoms with Crippen LogP contribution in [0.25, 0.3) is 0 Å². The predicted octanol–water partition coefficient (Wildman–Crippen LogP) is 2.53. The predicted molar refractivity (Wildman–Crippen MR) is 120 cm³/mol. The lowest BCUT2D eigenvalue weighted by atomic mass is 9.96. The first-order valence-electron chi connectivity index (χ1n) is 10.3. The molecule has 0 spiro atoms. The van der Waals surface area contributed by atoms with Crippen molar-refractivity contribution in [3.05, 3.63) is 58.6 Å². The zero-order chi connectivity index (χ0) is 23.0. The molecule has 9 heteroatoms. The molecule has 0 amide bonds. The van der Waals surface area contributed by atoms with Crippen molar-refractivity contribution in [1.82, 2.24) is 9.55 Å². The lowest BCUT2D eigenvalue weighted by molar-refractivity contribution is -0.0918. The van der Waals surface area contributed by atoms with Crippen molar-refractivity contribution in [2.75, 3.05) is 12.3 Å². The van der Waals surface area contributed by atoms with Crippen LogP contribution in [-0.4, -0.2) is 47.6 Å². The molecule has 0 saturated carbocycles. The van der Waals surface area contributed by atoms with Crippen molar-refractivity contribution < 1.29 is 19.1 Å². The molecule has 31 heavy (non-hydrogen) atoms. The zero-order valence-electron chi connectivity index (χ0n) is 18.7. The van der Waals surface area contributed by atoms with Crippen molar-refractivity contribution in [3.63, 3.8) is 0 Å². The highest BCUT2D eigenvalue weighted by Crippen LogP contribution is 2.40. The van der Waals surface area contributed by atoms with Gasteiger partial charge in [0.15, 0.2) is 8.32 Å². The van der Waals surface area contributed by atoms with Gasteiger partial charge in [-0.15, -0.1) is 0 Å². The van der Waals surface area contributed by atoms with E-state index in [1.165, 1.54) is 12.3 Å². The van der Waals surface area contributed by atoms with Crippen LogP contribution in [0.3, 0.4) is 0 Å². The molecule has 3 rings (SSSR count). The van der Waals surface area contributed by atoms with Gasteiger partial charge in [-0.25, -0.2) is 4.79 Å². The molecule has 3 N–H and O–H groups in total. The Bertz CT molecular complexity index is 1000. The number of aromatic nitrogens is 2. The van der Waals surface area contributed by atoms with Gasteiger partial charge >= 0.3 is 5.69 Å². The standard InChI is InChI=1S/C22H31N3O5Si/c1-21(2,3)31(4,5)29-14-17-16(26)13-22(30-17,19(27)15-9-7-6-8-10-15)25-12-11-18(23)24-20(25)28/h6-12,16-17,26H,13-14H2,1-5H3,(H2,23,24,28)/t16-,17+,22-/m0/s1. The molecule has 1 aromatic carbocycles. The first-order valence-corrected chi connectivity index (χ1v) is 13.2. The average molecular weight is 446 g/mol. The Kier molecular flexibility index (Phi) is 6.25. The molecule has 0 radical (unpaired) electrons. The average Bonchev–Trinajstić information content (AvgIpc) is 3.03. The molecule has 1 aliphatic heterocycles. The molecular formula is C22H31N3O5Si. The smallest absolute Gasteiger partial charge is 0.352 e. The van der Waals surface area contributed by atoms with Crippen molar-refractivity contribution in [1.29, 1.82) is 0 Å². The number of nitrogen functional groups attached to an aromatic ring is 1. The van der Waals surface area contributed by atoms with E-state index in [-0.39, 0.29) is 23.9 Å². The fourth-order valence-electron chi connectivity index (χ4n) is 3.36. The number of aliphatic hydroxyl groups excluding tert-OH is 1. The molecule has 1 aromatic heterocycles. The van der Waals surface area contributed by atoms with Crippen molar-refractivity contribution in [3.8, 4) is 0 Å². The van der Waals surface area contributed by atoms with Crippen molar-refractivity contribution >= 4 is 19.9 Å². The highest BCUT2D eigenvalue weighted by atomic mass is 28.4. The minimum atomic E-state index is -2.11. The number of aliphatic hydroxyl groups is 1. The van der Waals surface area contributed by atoms with Gasteiger partial charge in [-0.1, -0.05) is 51.1 Å². The highest BCUT2D eigenvalue weighted by Gasteiger charge is 2.54. The van der Waals surface area contributed by atoms with Gasteiger partial charge in [0.05, 0.1) is 12.7 Å². The van der Waals surface area contributed by atoms with Crippen LogP contribution in [0.1, 0.15) is 37.6 Å². The number of rotatable bonds is 6. The quantitative estimate of drug-likeness (QED) is 0.518. The second kappa shape index (κ2) is 8.31. The van der Waals surface area contributed by atoms with Crippen LogP contribution in [0, 0.1) is 0 Å². The van der Waals surface area contributed by atoms with Crippen LogP contribution >= 0.6 is 0 Å². The summed E-state index contributed by atoms with van der Waals surface area (Å²) >= 11 is 0. The summed E-state index contributed by atoms with van der Waals surface area (Å²) in [6.45, 7) is 10.7. The number of hydrogen-bond donors (Lipinski definition) is 2. The fourth-order valence-corrected chi connectivity index (χ4v) is 4.37. The van der Waals surface area contributed by atoms with Crippen molar-refractivity contribution in [2.45, 2.75) is 63.3 Å². The van der Waals surface area contributed by atoms with Gasteiger partial charge in [0.1, 0.15) is 11.9 Å². The lowest BCUT2D eigenvalue weighted by Crippen LogP contribution is -2.49. The monoisotopic (exact) mass is 445 g/mol. The molecule has 1 saturated heterocycles. The van der Waals surface area contributed by atoms with Crippen LogP contribution in [0.5, 0.6) is 0 Å². The largest absolute Gasteiger partial charge is 0.414 e. The molecule has 8 nitrogen and oxygen atoms in total. The molecule has 0 bridgehead atoms. The second-order valence-electron chi connectivity index (χ2n) is 9.48. The van der Waals surface area contributed by atoms with E-state index in [1.54, 1.807) is 30.3 Å². The first-order chi connectivity index (χ1) is 14.4. The number of ketones is 1. The Hall–Kier alpha value is -2.33. The maximum absolute atomic E-state index is 13.6. The molecule has 2 aromatic rings. The number of carbonyl (C=O) groups excluding carboxylic acids is 1. The summed E-state index contributed by atoms with van der Waals surface area (Å²) in [5.74, 6) is -0.393. The Labute approximate surface area is 183 Å². The summed E-state index contributed by atoms with van der Waals surface area (Å²) < 4.78 is 13.5. The lowest BCUT2D eigenvalue weighted by Gasteiger charge is -2.37. The van der Waals surface area contributed by atoms with E-state index >= 15 is 0 Å². The van der Waals surface area contributed by atoms with Crippen molar-refractivity contribution in [2.24, 2.45) is 0 Å². The van der Waals surface area contributed by atoms with Crippen LogP contribution in [0.15, 0.2) is 47.4 Å². The molecule has 3 atom stereocenters. The topological polar surface area (TPSA) is 117 Å². The third-order valence-electron chi connectivity index (χ3n) is 6.28. The van der Waals surface area contributed by atoms with E-state index < -0.39 is 37.7 Å². The Balaban J connectivity index is 1.99. The van der Waals surface area contributed by atoms with E-state index in [0.29, 0.717) is 5.56 Å². The van der Waals surface area contributed by atoms with E-state index in [0.717, 1.165) is 4.57 Å². The second-order valence-corrected chi connectivity index (χ2v) is 14.3. The maximum atomic E-state index is 13.6. The van der Waals surface area contributed by atoms with E-state index in [2.05, 4.69) is 38.8 Å². The summed E-state index contributed by atoms with van der Waals surface area (Å²) in [6.07, 6.45) is -0.485. The van der Waals surface area contributed by atoms with Gasteiger partial charge in [0.2, 0.25) is 11.5 Å². The number of nitrogens with zero attached hydrogens (tertiary/aromatic N) is 2. The molecule has 1 aliphatic rings. The van der Waals surface area contributed by atoms with Gasteiger partial charge in [0.25, 0.3) is 0 Å². The summed E-state index contributed by atoms with van der Waals surface area (Å²) in [7, 11) is -2.11. The van der Waals surface area contributed by atoms with Crippen LogP contribution in [0.2, 0.25) is 18.1 Å². The van der Waals surface area contributed by atoms with Gasteiger partial charge < -0.3 is 20.0 Å². The minimum absolute atomic E-state index is 0.0225. The Morgan fingerprint density at radius 2 is 1.97 bits per heavy atom. The van der Waals surface area contributed by atoms with E-state index in [4.69, 9.17) is 14.9 Å². The number of nitrogens with two attached hydrogens (primary N) is 1. The third-order valence-corrected chi connectivity index (χ3v) is 10.8. The summed E-state index contributed by atoms with van der Waals surface area (Å²) in [6, 6.07) is 9.98. The third kappa shape index (κ3) is 4.50. The molecule has 2 heterocycles. The normalized spacial score (nSPS) is 24.3. The number of hydrogen-bond acceptors (Lipinski definition) is 7.